The van der Waals surface area contributed by atoms with Crippen LogP contribution in [0.3, 0.4) is 0 Å². The Labute approximate surface area is 74.7 Å². The molecule has 0 aromatic heterocycles. The van der Waals surface area contributed by atoms with Crippen molar-refractivity contribution < 1.29 is 15.0 Å². The van der Waals surface area contributed by atoms with Crippen molar-refractivity contribution in [2.45, 2.75) is 6.42 Å². The molecule has 13 heavy (non-hydrogen) atoms. The molecule has 1 aromatic carbocycles. The van der Waals surface area contributed by atoms with Gasteiger partial charge >= 0.3 is 5.97 Å². The number of nitriles is 1. The lowest BCUT2D eigenvalue weighted by molar-refractivity contribution is -0.136. The summed E-state index contributed by atoms with van der Waals surface area (Å²) in [5.41, 5.74) is 0.607. The second kappa shape index (κ2) is 3.59. The summed E-state index contributed by atoms with van der Waals surface area (Å²) in [5.74, 6) is -1.06. The van der Waals surface area contributed by atoms with Gasteiger partial charge in [-0.1, -0.05) is 0 Å². The molecule has 0 spiro atoms. The Balaban J connectivity index is 3.10. The zero-order valence-electron chi connectivity index (χ0n) is 6.69. The van der Waals surface area contributed by atoms with E-state index < -0.39 is 5.97 Å². The molecule has 0 aliphatic heterocycles. The van der Waals surface area contributed by atoms with Crippen LogP contribution in [0.15, 0.2) is 18.2 Å². The Morgan fingerprint density at radius 2 is 2.23 bits per heavy atom. The maximum Gasteiger partial charge on any atom is 0.307 e. The number of hydrogen-bond acceptors (Lipinski definition) is 3. The lowest BCUT2D eigenvalue weighted by Gasteiger charge is -2.00. The van der Waals surface area contributed by atoms with Crippen molar-refractivity contribution in [2.75, 3.05) is 0 Å². The molecule has 66 valence electrons. The minimum absolute atomic E-state index is 0.0322. The van der Waals surface area contributed by atoms with E-state index in [9.17, 15) is 4.79 Å². The first-order valence-corrected chi connectivity index (χ1v) is 3.57. The zero-order chi connectivity index (χ0) is 9.84. The van der Waals surface area contributed by atoms with Gasteiger partial charge < -0.3 is 10.2 Å². The summed E-state index contributed by atoms with van der Waals surface area (Å²) >= 11 is 0. The Morgan fingerprint density at radius 1 is 1.54 bits per heavy atom. The summed E-state index contributed by atoms with van der Waals surface area (Å²) < 4.78 is 0. The van der Waals surface area contributed by atoms with Gasteiger partial charge in [0.25, 0.3) is 0 Å². The smallest absolute Gasteiger partial charge is 0.307 e. The highest BCUT2D eigenvalue weighted by atomic mass is 16.4. The summed E-state index contributed by atoms with van der Waals surface area (Å²) in [6.45, 7) is 0. The second-order valence-corrected chi connectivity index (χ2v) is 2.52. The molecule has 0 heterocycles. The van der Waals surface area contributed by atoms with Crippen molar-refractivity contribution in [1.29, 1.82) is 5.26 Å². The highest BCUT2D eigenvalue weighted by molar-refractivity contribution is 5.71. The van der Waals surface area contributed by atoms with Crippen molar-refractivity contribution >= 4 is 5.97 Å². The molecule has 0 bridgehead atoms. The van der Waals surface area contributed by atoms with Gasteiger partial charge in [-0.25, -0.2) is 0 Å². The van der Waals surface area contributed by atoms with Crippen LogP contribution in [0.1, 0.15) is 11.1 Å². The summed E-state index contributed by atoms with van der Waals surface area (Å²) in [6.07, 6.45) is -0.253. The quantitative estimate of drug-likeness (QED) is 0.702. The molecule has 0 radical (unpaired) electrons. The number of benzene rings is 1. The van der Waals surface area contributed by atoms with Crippen molar-refractivity contribution in [3.05, 3.63) is 29.3 Å². The van der Waals surface area contributed by atoms with Crippen molar-refractivity contribution in [3.63, 3.8) is 0 Å². The van der Waals surface area contributed by atoms with Crippen LogP contribution in [0.2, 0.25) is 0 Å². The first-order chi connectivity index (χ1) is 6.13. The van der Waals surface area contributed by atoms with E-state index in [1.165, 1.54) is 18.2 Å². The van der Waals surface area contributed by atoms with E-state index in [4.69, 9.17) is 15.5 Å². The molecular formula is C9H7NO3. The first kappa shape index (κ1) is 9.07. The Bertz CT molecular complexity index is 379. The van der Waals surface area contributed by atoms with E-state index in [1.54, 1.807) is 0 Å². The van der Waals surface area contributed by atoms with Gasteiger partial charge in [0, 0.05) is 0 Å². The molecule has 0 fully saturated rings. The fraction of sp³-hybridized carbons (Fsp3) is 0.111. The van der Waals surface area contributed by atoms with Gasteiger partial charge in [0.05, 0.1) is 18.1 Å². The molecule has 0 unspecified atom stereocenters. The molecule has 0 aliphatic rings. The monoisotopic (exact) mass is 177 g/mol. The molecule has 0 atom stereocenters. The minimum Gasteiger partial charge on any atom is -0.508 e. The molecular weight excluding hydrogens is 170 g/mol. The van der Waals surface area contributed by atoms with Crippen LogP contribution < -0.4 is 0 Å². The number of aromatic hydroxyl groups is 1. The molecule has 1 aromatic rings. The number of rotatable bonds is 2. The fourth-order valence-electron chi connectivity index (χ4n) is 0.998. The van der Waals surface area contributed by atoms with Gasteiger partial charge in [0.1, 0.15) is 5.75 Å². The van der Waals surface area contributed by atoms with Crippen LogP contribution in [0, 0.1) is 11.3 Å². The normalized spacial score (nSPS) is 9.15. The average Bonchev–Trinajstić information content (AvgIpc) is 2.03. The fourth-order valence-corrected chi connectivity index (χ4v) is 0.998. The van der Waals surface area contributed by atoms with Gasteiger partial charge in [-0.3, -0.25) is 4.79 Å². The van der Waals surface area contributed by atoms with Gasteiger partial charge in [0.2, 0.25) is 0 Å². The Kier molecular flexibility index (Phi) is 2.50. The molecule has 4 nitrogen and oxygen atoms in total. The summed E-state index contributed by atoms with van der Waals surface area (Å²) in [5, 5.41) is 26.1. The van der Waals surface area contributed by atoms with E-state index in [0.29, 0.717) is 5.56 Å². The number of nitrogens with zero attached hydrogens (tertiary/aromatic N) is 1. The van der Waals surface area contributed by atoms with Crippen LogP contribution in [0.25, 0.3) is 0 Å². The van der Waals surface area contributed by atoms with Crippen LogP contribution >= 0.6 is 0 Å². The lowest BCUT2D eigenvalue weighted by Crippen LogP contribution is -2.01. The largest absolute Gasteiger partial charge is 0.508 e. The lowest BCUT2D eigenvalue weighted by atomic mass is 10.1. The van der Waals surface area contributed by atoms with Crippen LogP contribution in [0.5, 0.6) is 5.75 Å². The average molecular weight is 177 g/mol. The van der Waals surface area contributed by atoms with Crippen LogP contribution in [-0.4, -0.2) is 16.2 Å². The van der Waals surface area contributed by atoms with Gasteiger partial charge in [-0.15, -0.1) is 0 Å². The molecule has 0 saturated carbocycles. The summed E-state index contributed by atoms with van der Waals surface area (Å²) in [4.78, 5) is 10.4. The number of carboxylic acids is 1. The van der Waals surface area contributed by atoms with Gasteiger partial charge in [0.15, 0.2) is 0 Å². The predicted octanol–water partition coefficient (Wildman–Crippen LogP) is 0.891. The van der Waals surface area contributed by atoms with Crippen molar-refractivity contribution in [2.24, 2.45) is 0 Å². The first-order valence-electron chi connectivity index (χ1n) is 3.57. The van der Waals surface area contributed by atoms with Gasteiger partial charge in [-0.05, 0) is 23.8 Å². The molecule has 0 amide bonds. The third-order valence-corrected chi connectivity index (χ3v) is 1.55. The number of hydrogen-bond donors (Lipinski definition) is 2. The highest BCUT2D eigenvalue weighted by Gasteiger charge is 2.06. The standard InChI is InChI=1S/C9H7NO3/c10-5-6-1-2-8(11)3-7(6)4-9(12)13/h1-3,11H,4H2,(H,12,13). The SMILES string of the molecule is N#Cc1ccc(O)cc1CC(=O)O. The van der Waals surface area contributed by atoms with Gasteiger partial charge in [-0.2, -0.15) is 5.26 Å². The number of phenolic OH excluding ortho intramolecular Hbond substituents is 1. The van der Waals surface area contributed by atoms with Crippen molar-refractivity contribution in [1.82, 2.24) is 0 Å². The number of carbonyl (C=O) groups is 1. The van der Waals surface area contributed by atoms with E-state index in [1.807, 2.05) is 6.07 Å². The number of phenols is 1. The van der Waals surface area contributed by atoms with E-state index in [2.05, 4.69) is 0 Å². The van der Waals surface area contributed by atoms with E-state index in [-0.39, 0.29) is 17.7 Å². The summed E-state index contributed by atoms with van der Waals surface area (Å²) in [7, 11) is 0. The van der Waals surface area contributed by atoms with Crippen LogP contribution in [-0.2, 0) is 11.2 Å². The maximum atomic E-state index is 10.4. The number of carboxylic acid groups (broad SMARTS) is 1. The minimum atomic E-state index is -1.03. The zero-order valence-corrected chi connectivity index (χ0v) is 6.69. The van der Waals surface area contributed by atoms with E-state index in [0.717, 1.165) is 0 Å². The highest BCUT2D eigenvalue weighted by Crippen LogP contribution is 2.16. The third kappa shape index (κ3) is 2.20. The maximum absolute atomic E-state index is 10.4. The number of aliphatic carboxylic acids is 1. The molecule has 2 N–H and O–H groups in total. The van der Waals surface area contributed by atoms with Crippen molar-refractivity contribution in [3.8, 4) is 11.8 Å². The molecule has 4 heteroatoms. The predicted molar refractivity (Wildman–Crippen MR) is 44.2 cm³/mol. The Hall–Kier alpha value is -2.02. The Morgan fingerprint density at radius 3 is 2.77 bits per heavy atom. The molecule has 0 aliphatic carbocycles. The van der Waals surface area contributed by atoms with E-state index >= 15 is 0 Å². The second-order valence-electron chi connectivity index (χ2n) is 2.52. The molecule has 0 saturated heterocycles. The molecule has 1 rings (SSSR count). The third-order valence-electron chi connectivity index (χ3n) is 1.55. The topological polar surface area (TPSA) is 81.3 Å². The summed E-state index contributed by atoms with van der Waals surface area (Å²) in [6, 6.07) is 5.89. The van der Waals surface area contributed by atoms with Crippen LogP contribution in [0.4, 0.5) is 0 Å².